The molecule has 0 spiro atoms. The Balaban J connectivity index is 1.67. The second-order valence-electron chi connectivity index (χ2n) is 6.40. The Labute approximate surface area is 163 Å². The molecule has 1 heterocycles. The van der Waals surface area contributed by atoms with Crippen LogP contribution in [0.25, 0.3) is 11.0 Å². The molecule has 3 aromatic rings. The van der Waals surface area contributed by atoms with Crippen LogP contribution in [0.5, 0.6) is 0 Å². The van der Waals surface area contributed by atoms with Crippen molar-refractivity contribution in [2.45, 2.75) is 32.7 Å². The molecule has 142 valence electrons. The van der Waals surface area contributed by atoms with E-state index in [4.69, 9.17) is 5.26 Å². The lowest BCUT2D eigenvalue weighted by Crippen LogP contribution is -2.43. The van der Waals surface area contributed by atoms with Crippen molar-refractivity contribution in [1.29, 1.82) is 5.26 Å². The summed E-state index contributed by atoms with van der Waals surface area (Å²) >= 11 is 0. The average molecular weight is 375 g/mol. The van der Waals surface area contributed by atoms with E-state index in [0.29, 0.717) is 11.1 Å². The van der Waals surface area contributed by atoms with E-state index in [0.717, 1.165) is 36.1 Å². The number of carbonyl (C=O) groups is 2. The first-order valence-corrected chi connectivity index (χ1v) is 9.16. The van der Waals surface area contributed by atoms with Crippen LogP contribution in [0.4, 0.5) is 0 Å². The number of hydrogen-bond donors (Lipinski definition) is 2. The van der Waals surface area contributed by atoms with E-state index in [9.17, 15) is 9.59 Å². The minimum atomic E-state index is -0.445. The van der Waals surface area contributed by atoms with E-state index in [1.54, 1.807) is 12.1 Å². The zero-order valence-electron chi connectivity index (χ0n) is 15.6. The third-order valence-electron chi connectivity index (χ3n) is 4.38. The fourth-order valence-electron chi connectivity index (χ4n) is 2.91. The average Bonchev–Trinajstić information content (AvgIpc) is 3.07. The van der Waals surface area contributed by atoms with Gasteiger partial charge >= 0.3 is 0 Å². The second kappa shape index (κ2) is 8.82. The van der Waals surface area contributed by atoms with Crippen molar-refractivity contribution < 1.29 is 9.59 Å². The van der Waals surface area contributed by atoms with Gasteiger partial charge in [0.2, 0.25) is 0 Å². The SMILES string of the molecule is CCCCc1nc2ccccc2n1CC(=O)NNC(=O)c1ccc(C#N)cc1. The molecule has 3 rings (SSSR count). The maximum absolute atomic E-state index is 12.4. The number of hydrogen-bond acceptors (Lipinski definition) is 4. The van der Waals surface area contributed by atoms with Crippen molar-refractivity contribution in [2.24, 2.45) is 0 Å². The molecule has 0 aliphatic heterocycles. The third kappa shape index (κ3) is 4.35. The fourth-order valence-corrected chi connectivity index (χ4v) is 2.91. The van der Waals surface area contributed by atoms with Crippen molar-refractivity contribution in [3.63, 3.8) is 0 Å². The van der Waals surface area contributed by atoms with Crippen LogP contribution in [0.2, 0.25) is 0 Å². The minimum absolute atomic E-state index is 0.0627. The van der Waals surface area contributed by atoms with Gasteiger partial charge in [-0.2, -0.15) is 5.26 Å². The van der Waals surface area contributed by atoms with Gasteiger partial charge in [0.25, 0.3) is 11.8 Å². The highest BCUT2D eigenvalue weighted by molar-refractivity contribution is 5.95. The molecule has 2 aromatic carbocycles. The molecule has 0 aliphatic carbocycles. The highest BCUT2D eigenvalue weighted by Gasteiger charge is 2.14. The van der Waals surface area contributed by atoms with Gasteiger partial charge < -0.3 is 4.57 Å². The molecule has 2 N–H and O–H groups in total. The molecule has 1 aromatic heterocycles. The Morgan fingerprint density at radius 3 is 2.57 bits per heavy atom. The minimum Gasteiger partial charge on any atom is -0.318 e. The second-order valence-corrected chi connectivity index (χ2v) is 6.40. The maximum atomic E-state index is 12.4. The number of amides is 2. The van der Waals surface area contributed by atoms with Gasteiger partial charge in [-0.1, -0.05) is 25.5 Å². The van der Waals surface area contributed by atoms with Gasteiger partial charge in [-0.15, -0.1) is 0 Å². The number of unbranched alkanes of at least 4 members (excludes halogenated alkanes) is 1. The van der Waals surface area contributed by atoms with Crippen LogP contribution in [0, 0.1) is 11.3 Å². The summed E-state index contributed by atoms with van der Waals surface area (Å²) in [5.74, 6) is 0.0686. The topological polar surface area (TPSA) is 99.8 Å². The van der Waals surface area contributed by atoms with Crippen LogP contribution < -0.4 is 10.9 Å². The Kier molecular flexibility index (Phi) is 6.02. The number of imidazole rings is 1. The monoisotopic (exact) mass is 375 g/mol. The lowest BCUT2D eigenvalue weighted by atomic mass is 10.1. The van der Waals surface area contributed by atoms with Gasteiger partial charge in [-0.05, 0) is 42.8 Å². The van der Waals surface area contributed by atoms with Gasteiger partial charge in [-0.25, -0.2) is 4.98 Å². The summed E-state index contributed by atoms with van der Waals surface area (Å²) < 4.78 is 1.88. The van der Waals surface area contributed by atoms with E-state index in [1.165, 1.54) is 12.1 Å². The lowest BCUT2D eigenvalue weighted by molar-refractivity contribution is -0.122. The summed E-state index contributed by atoms with van der Waals surface area (Å²) in [6.07, 6.45) is 2.81. The first-order valence-electron chi connectivity index (χ1n) is 9.16. The number of para-hydroxylation sites is 2. The number of nitrogens with zero attached hydrogens (tertiary/aromatic N) is 3. The van der Waals surface area contributed by atoms with Gasteiger partial charge in [0.05, 0.1) is 22.7 Å². The van der Waals surface area contributed by atoms with Crippen molar-refractivity contribution in [3.8, 4) is 6.07 Å². The van der Waals surface area contributed by atoms with Crippen molar-refractivity contribution >= 4 is 22.8 Å². The predicted molar refractivity (Wildman–Crippen MR) is 105 cm³/mol. The molecule has 0 saturated carbocycles. The molecule has 0 atom stereocenters. The summed E-state index contributed by atoms with van der Waals surface area (Å²) in [6.45, 7) is 2.17. The molecular formula is C21H21N5O2. The first-order chi connectivity index (χ1) is 13.6. The van der Waals surface area contributed by atoms with Crippen LogP contribution in [0.1, 0.15) is 41.5 Å². The zero-order valence-corrected chi connectivity index (χ0v) is 15.6. The third-order valence-corrected chi connectivity index (χ3v) is 4.38. The van der Waals surface area contributed by atoms with Crippen LogP contribution in [-0.4, -0.2) is 21.4 Å². The molecule has 0 fully saturated rings. The standard InChI is InChI=1S/C21H21N5O2/c1-2-3-8-19-23-17-6-4-5-7-18(17)26(19)14-20(27)24-25-21(28)16-11-9-15(13-22)10-12-16/h4-7,9-12H,2-3,8,14H2,1H3,(H,24,27)(H,25,28). The molecule has 0 radical (unpaired) electrons. The summed E-state index contributed by atoms with van der Waals surface area (Å²) in [6, 6.07) is 15.8. The van der Waals surface area contributed by atoms with Gasteiger partial charge in [0.15, 0.2) is 0 Å². The summed E-state index contributed by atoms with van der Waals surface area (Å²) in [5, 5.41) is 8.80. The quantitative estimate of drug-likeness (QED) is 0.647. The summed E-state index contributed by atoms with van der Waals surface area (Å²) in [7, 11) is 0. The van der Waals surface area contributed by atoms with Crippen LogP contribution in [-0.2, 0) is 17.8 Å². The van der Waals surface area contributed by atoms with E-state index in [2.05, 4.69) is 22.8 Å². The molecule has 0 saturated heterocycles. The summed E-state index contributed by atoms with van der Waals surface area (Å²) in [4.78, 5) is 29.2. The Morgan fingerprint density at radius 1 is 1.11 bits per heavy atom. The Bertz CT molecular complexity index is 1030. The van der Waals surface area contributed by atoms with Gasteiger partial charge in [0.1, 0.15) is 12.4 Å². The van der Waals surface area contributed by atoms with Crippen molar-refractivity contribution in [1.82, 2.24) is 20.4 Å². The number of aromatic nitrogens is 2. The van der Waals surface area contributed by atoms with Gasteiger partial charge in [-0.3, -0.25) is 20.4 Å². The number of hydrazine groups is 1. The highest BCUT2D eigenvalue weighted by Crippen LogP contribution is 2.17. The van der Waals surface area contributed by atoms with Crippen molar-refractivity contribution in [3.05, 3.63) is 65.5 Å². The number of aryl methyl sites for hydroxylation is 1. The number of carbonyl (C=O) groups excluding carboxylic acids is 2. The van der Waals surface area contributed by atoms with E-state index in [1.807, 2.05) is 34.9 Å². The smallest absolute Gasteiger partial charge is 0.269 e. The van der Waals surface area contributed by atoms with Crippen LogP contribution in [0.15, 0.2) is 48.5 Å². The normalized spacial score (nSPS) is 10.4. The number of fused-ring (bicyclic) bond motifs is 1. The summed E-state index contributed by atoms with van der Waals surface area (Å²) in [5.41, 5.74) is 7.41. The molecule has 0 bridgehead atoms. The molecule has 28 heavy (non-hydrogen) atoms. The highest BCUT2D eigenvalue weighted by atomic mass is 16.2. The van der Waals surface area contributed by atoms with Crippen molar-refractivity contribution in [2.75, 3.05) is 0 Å². The molecule has 2 amide bonds. The molecule has 7 nitrogen and oxygen atoms in total. The van der Waals surface area contributed by atoms with E-state index >= 15 is 0 Å². The van der Waals surface area contributed by atoms with E-state index < -0.39 is 5.91 Å². The first kappa shape index (κ1) is 19.1. The fraction of sp³-hybridized carbons (Fsp3) is 0.238. The zero-order chi connectivity index (χ0) is 19.9. The Morgan fingerprint density at radius 2 is 1.86 bits per heavy atom. The van der Waals surface area contributed by atoms with Crippen LogP contribution >= 0.6 is 0 Å². The maximum Gasteiger partial charge on any atom is 0.269 e. The lowest BCUT2D eigenvalue weighted by Gasteiger charge is -2.11. The molecule has 0 aliphatic rings. The van der Waals surface area contributed by atoms with Gasteiger partial charge in [0, 0.05) is 12.0 Å². The van der Waals surface area contributed by atoms with Crippen LogP contribution in [0.3, 0.4) is 0 Å². The molecule has 7 heteroatoms. The molecule has 0 unspecified atom stereocenters. The number of rotatable bonds is 6. The Hall–Kier alpha value is -3.66. The predicted octanol–water partition coefficient (Wildman–Crippen LogP) is 2.71. The largest absolute Gasteiger partial charge is 0.318 e. The van der Waals surface area contributed by atoms with E-state index in [-0.39, 0.29) is 12.5 Å². The number of nitrogens with one attached hydrogen (secondary N) is 2. The molecular weight excluding hydrogens is 354 g/mol. The number of nitriles is 1. The number of benzene rings is 2.